The van der Waals surface area contributed by atoms with E-state index in [9.17, 15) is 29.4 Å². The van der Waals surface area contributed by atoms with Gasteiger partial charge in [-0.25, -0.2) is 24.1 Å². The zero-order valence-electron chi connectivity index (χ0n) is 40.9. The standard InChI is InChI=1S/C47H69FIN7O11S/c1-12-31(50)40(60)53-34-16-14-15-32(52-34)41-51-29(23-68-41)22-64-55-28-17-18-30-26(5)36(54-35(57)13-2)24(3)20-45(7,63-21-28)39(66-42-37(58)33(56(10)11)19-25(4)65-42)27(6)38(59)46(8,48)44(61)67-43(49)47(30,9)62/h14-16,23-27,30-31,33,37,39,42-43,58,62H,12-13,17-22,50H2,1-11H3,(H,52,53,60)/b54-36?,55-28+/t24-,25-,26-,27+,30-,31+,33+,37-,39-,42+,43+,45-,46+,47+/m1/s1. The largest absolute Gasteiger partial charge is 0.446 e. The third-order valence-electron chi connectivity index (χ3n) is 13.4. The van der Waals surface area contributed by atoms with Crippen LogP contribution in [0.15, 0.2) is 33.7 Å². The van der Waals surface area contributed by atoms with Crippen LogP contribution in [0.3, 0.4) is 0 Å². The lowest BCUT2D eigenvalue weighted by atomic mass is 9.70. The van der Waals surface area contributed by atoms with Crippen LogP contribution in [0.25, 0.3) is 10.7 Å². The van der Waals surface area contributed by atoms with Gasteiger partial charge >= 0.3 is 5.97 Å². The van der Waals surface area contributed by atoms with Gasteiger partial charge in [0.15, 0.2) is 22.8 Å². The maximum Gasteiger partial charge on any atom is 0.352 e. The molecule has 0 aromatic carbocycles. The molecule has 0 spiro atoms. The molecule has 5 N–H and O–H groups in total. The first-order valence-corrected chi connectivity index (χ1v) is 25.3. The normalized spacial score (nSPS) is 36.1. The van der Waals surface area contributed by atoms with Crippen LogP contribution >= 0.6 is 33.9 Å². The smallest absolute Gasteiger partial charge is 0.352 e. The van der Waals surface area contributed by atoms with Crippen molar-refractivity contribution in [3.05, 3.63) is 29.3 Å². The van der Waals surface area contributed by atoms with Crippen LogP contribution in [-0.2, 0) is 49.6 Å². The van der Waals surface area contributed by atoms with Crippen LogP contribution in [0.1, 0.15) is 107 Å². The number of oxime groups is 1. The van der Waals surface area contributed by atoms with Gasteiger partial charge in [-0.3, -0.25) is 14.4 Å². The van der Waals surface area contributed by atoms with E-state index in [1.807, 2.05) is 46.7 Å². The summed E-state index contributed by atoms with van der Waals surface area (Å²) in [5.74, 6) is -6.55. The summed E-state index contributed by atoms with van der Waals surface area (Å²) < 4.78 is 41.0. The van der Waals surface area contributed by atoms with E-state index < -0.39 is 99.0 Å². The third kappa shape index (κ3) is 12.9. The van der Waals surface area contributed by atoms with E-state index in [4.69, 9.17) is 29.5 Å². The van der Waals surface area contributed by atoms with E-state index in [1.165, 1.54) is 25.2 Å². The quantitative estimate of drug-likeness (QED) is 0.0684. The summed E-state index contributed by atoms with van der Waals surface area (Å²) >= 11 is 3.06. The number of aromatic nitrogens is 2. The Labute approximate surface area is 415 Å². The summed E-state index contributed by atoms with van der Waals surface area (Å²) in [5, 5.41) is 33.8. The lowest BCUT2D eigenvalue weighted by molar-refractivity contribution is -0.296. The zero-order chi connectivity index (χ0) is 50.5. The average molecular weight is 1090 g/mol. The molecule has 3 saturated heterocycles. The van der Waals surface area contributed by atoms with Crippen LogP contribution in [-0.4, -0.2) is 138 Å². The highest BCUT2D eigenvalue weighted by Gasteiger charge is 2.56. The molecule has 68 heavy (non-hydrogen) atoms. The highest BCUT2D eigenvalue weighted by Crippen LogP contribution is 2.44. The molecule has 5 rings (SSSR count). The number of nitrogens with two attached hydrogens (primary N) is 1. The number of ether oxygens (including phenoxy) is 4. The minimum absolute atomic E-state index is 0.0287. The molecule has 378 valence electrons. The van der Waals surface area contributed by atoms with E-state index in [1.54, 1.807) is 60.0 Å². The van der Waals surface area contributed by atoms with Crippen molar-refractivity contribution in [3.8, 4) is 10.7 Å². The van der Waals surface area contributed by atoms with Crippen LogP contribution in [0.2, 0.25) is 0 Å². The van der Waals surface area contributed by atoms with E-state index in [0.29, 0.717) is 46.5 Å². The Kier molecular flexibility index (Phi) is 18.9. The number of carbonyl (C=O) groups is 4. The first kappa shape index (κ1) is 55.5. The predicted octanol–water partition coefficient (Wildman–Crippen LogP) is 5.79. The lowest BCUT2D eigenvalue weighted by Crippen LogP contribution is -2.61. The van der Waals surface area contributed by atoms with Crippen LogP contribution < -0.4 is 11.1 Å². The van der Waals surface area contributed by atoms with Gasteiger partial charge in [0.05, 0.1) is 41.9 Å². The number of nitrogens with one attached hydrogen (secondary N) is 1. The molecule has 14 atom stereocenters. The summed E-state index contributed by atoms with van der Waals surface area (Å²) in [5.41, 5.74) is 1.10. The Hall–Kier alpha value is -3.42. The molecule has 5 heterocycles. The molecule has 3 fully saturated rings. The molecule has 0 saturated carbocycles. The molecular weight excluding hydrogens is 1020 g/mol. The first-order chi connectivity index (χ1) is 31.8. The van der Waals surface area contributed by atoms with Gasteiger partial charge in [-0.1, -0.05) is 45.8 Å². The van der Waals surface area contributed by atoms with Gasteiger partial charge < -0.3 is 49.9 Å². The number of Topliss-reactive ketones (excluding diaryl/α,β-unsaturated/α-hetero) is 1. The molecule has 18 nitrogen and oxygen atoms in total. The van der Waals surface area contributed by atoms with Crippen molar-refractivity contribution in [2.45, 2.75) is 165 Å². The molecule has 2 aromatic rings. The summed E-state index contributed by atoms with van der Waals surface area (Å²) in [6, 6.07) is 4.09. The number of amides is 2. The number of aliphatic hydroxyl groups is 2. The molecule has 2 bridgehead atoms. The predicted molar refractivity (Wildman–Crippen MR) is 263 cm³/mol. The number of halogens is 2. The summed E-state index contributed by atoms with van der Waals surface area (Å²) in [6.45, 7) is 14.2. The number of aliphatic hydroxyl groups excluding tert-OH is 1. The van der Waals surface area contributed by atoms with Crippen LogP contribution in [0.4, 0.5) is 10.2 Å². The number of fused-ring (bicyclic) bond motifs is 5. The number of nitrogens with zero attached hydrogens (tertiary/aromatic N) is 5. The van der Waals surface area contributed by atoms with Gasteiger partial charge in [0.25, 0.3) is 5.67 Å². The molecule has 0 unspecified atom stereocenters. The minimum Gasteiger partial charge on any atom is -0.446 e. The summed E-state index contributed by atoms with van der Waals surface area (Å²) in [6.07, 6.45) is -2.93. The van der Waals surface area contributed by atoms with Gasteiger partial charge in [-0.15, -0.1) is 11.3 Å². The van der Waals surface area contributed by atoms with Gasteiger partial charge in [-0.2, -0.15) is 0 Å². The zero-order valence-corrected chi connectivity index (χ0v) is 43.8. The van der Waals surface area contributed by atoms with Crippen LogP contribution in [0, 0.1) is 23.7 Å². The number of hydrogen-bond acceptors (Lipinski definition) is 17. The molecule has 21 heteroatoms. The minimum atomic E-state index is -3.21. The second-order valence-electron chi connectivity index (χ2n) is 19.1. The van der Waals surface area contributed by atoms with Crippen molar-refractivity contribution >= 4 is 74.7 Å². The number of hydrogen-bond donors (Lipinski definition) is 4. The fourth-order valence-electron chi connectivity index (χ4n) is 9.28. The topological polar surface area (TPSA) is 247 Å². The molecule has 2 amide bonds. The number of pyridine rings is 1. The second kappa shape index (κ2) is 23.2. The Bertz CT molecular complexity index is 2180. The molecular formula is C47H69FIN7O11S. The average Bonchev–Trinajstić information content (AvgIpc) is 3.76. The number of alkyl halides is 2. The number of likely N-dealkylation sites (N-methyl/N-ethyl adjacent to an activating group) is 1. The first-order valence-electron chi connectivity index (χ1n) is 23.2. The maximum absolute atomic E-state index is 16.9. The SMILES string of the molecule is CCC(=O)N=C1[C@H](C)C[C@@]2(C)OC/C(=N/OCc3csc(-c4cccc(NC(=O)[C@@H](N)CC)n4)n3)CC[C@H]([C@H]1C)[C@](C)(O)[C@@H](I)OC(=O)[C@@](C)(F)C(=O)[C@H](C)[C@H]2O[C@@H]1O[C@H](C)C[C@H](N(C)C)[C@H]1O. The van der Waals surface area contributed by atoms with Crippen molar-refractivity contribution in [1.29, 1.82) is 0 Å². The van der Waals surface area contributed by atoms with E-state index in [0.717, 1.165) is 6.92 Å². The van der Waals surface area contributed by atoms with Gasteiger partial charge in [0.1, 0.15) is 28.2 Å². The Morgan fingerprint density at radius 3 is 2.50 bits per heavy atom. The maximum atomic E-state index is 16.9. The molecule has 0 radical (unpaired) electrons. The van der Waals surface area contributed by atoms with Crippen molar-refractivity contribution < 1.29 is 57.6 Å². The molecule has 2 aromatic heterocycles. The fourth-order valence-corrected chi connectivity index (χ4v) is 10.7. The van der Waals surface area contributed by atoms with Gasteiger partial charge in [0, 0.05) is 35.4 Å². The number of thiazole rings is 1. The summed E-state index contributed by atoms with van der Waals surface area (Å²) in [4.78, 5) is 75.6. The molecule has 3 aliphatic rings. The number of carbonyl (C=O) groups excluding carboxylic acids is 4. The number of ketones is 1. The monoisotopic (exact) mass is 1090 g/mol. The van der Waals surface area contributed by atoms with Crippen molar-refractivity contribution in [1.82, 2.24) is 14.9 Å². The second-order valence-corrected chi connectivity index (χ2v) is 21.1. The molecule has 0 aliphatic carbocycles. The number of aliphatic imine (C=N–C) groups is 1. The number of anilines is 1. The van der Waals surface area contributed by atoms with E-state index >= 15 is 4.39 Å². The van der Waals surface area contributed by atoms with E-state index in [-0.39, 0.29) is 44.8 Å². The fraction of sp³-hybridized carbons (Fsp3) is 0.702. The Morgan fingerprint density at radius 1 is 1.13 bits per heavy atom. The Balaban J connectivity index is 1.60. The lowest BCUT2D eigenvalue weighted by Gasteiger charge is -2.47. The Morgan fingerprint density at radius 2 is 1.84 bits per heavy atom. The molecule has 3 aliphatic heterocycles. The van der Waals surface area contributed by atoms with Crippen LogP contribution in [0.5, 0.6) is 0 Å². The van der Waals surface area contributed by atoms with Gasteiger partial charge in [-0.05, 0) is 120 Å². The number of rotatable bonds is 11. The number of esters is 1. The highest BCUT2D eigenvalue weighted by molar-refractivity contribution is 14.1. The van der Waals surface area contributed by atoms with Crippen molar-refractivity contribution in [2.75, 3.05) is 26.0 Å². The summed E-state index contributed by atoms with van der Waals surface area (Å²) in [7, 11) is 3.64. The van der Waals surface area contributed by atoms with Crippen molar-refractivity contribution in [2.24, 2.45) is 39.6 Å². The number of cyclic esters (lactones) is 1. The van der Waals surface area contributed by atoms with Crippen molar-refractivity contribution in [3.63, 3.8) is 0 Å². The van der Waals surface area contributed by atoms with E-state index in [2.05, 4.69) is 25.4 Å². The van der Waals surface area contributed by atoms with Gasteiger partial charge in [0.2, 0.25) is 11.8 Å². The third-order valence-corrected chi connectivity index (χ3v) is 15.8. The highest BCUT2D eigenvalue weighted by atomic mass is 127.